The van der Waals surface area contributed by atoms with E-state index in [1.807, 2.05) is 26.0 Å². The van der Waals surface area contributed by atoms with Crippen LogP contribution in [0.15, 0.2) is 42.5 Å². The lowest BCUT2D eigenvalue weighted by Crippen LogP contribution is -2.48. The first-order valence-corrected chi connectivity index (χ1v) is 10.5. The van der Waals surface area contributed by atoms with Gasteiger partial charge >= 0.3 is 0 Å². The SMILES string of the molecule is Cc1cc(C)cc(C(=O)Nc2ccc(C34CC5CC(CC(C5)C3)C4)cc2)c1. The minimum atomic E-state index is -0.0237. The smallest absolute Gasteiger partial charge is 0.255 e. The molecule has 0 spiro atoms. The first-order valence-electron chi connectivity index (χ1n) is 10.5. The Labute approximate surface area is 162 Å². The topological polar surface area (TPSA) is 29.1 Å². The molecule has 0 heterocycles. The maximum atomic E-state index is 12.6. The van der Waals surface area contributed by atoms with E-state index < -0.39 is 0 Å². The fraction of sp³-hybridized carbons (Fsp3) is 0.480. The van der Waals surface area contributed by atoms with Gasteiger partial charge in [0.1, 0.15) is 0 Å². The minimum Gasteiger partial charge on any atom is -0.322 e. The van der Waals surface area contributed by atoms with Crippen molar-refractivity contribution in [1.82, 2.24) is 0 Å². The lowest BCUT2D eigenvalue weighted by molar-refractivity contribution is -0.00518. The highest BCUT2D eigenvalue weighted by atomic mass is 16.1. The summed E-state index contributed by atoms with van der Waals surface area (Å²) in [6.07, 6.45) is 8.57. The van der Waals surface area contributed by atoms with Gasteiger partial charge in [0.05, 0.1) is 0 Å². The van der Waals surface area contributed by atoms with Crippen LogP contribution in [0, 0.1) is 31.6 Å². The first-order chi connectivity index (χ1) is 13.0. The zero-order valence-electron chi connectivity index (χ0n) is 16.4. The van der Waals surface area contributed by atoms with Crippen LogP contribution in [0.1, 0.15) is 65.6 Å². The Morgan fingerprint density at radius 3 is 1.89 bits per heavy atom. The molecule has 0 saturated heterocycles. The predicted octanol–water partition coefficient (Wildman–Crippen LogP) is 6.02. The fourth-order valence-corrected chi connectivity index (χ4v) is 6.68. The molecular weight excluding hydrogens is 330 g/mol. The van der Waals surface area contributed by atoms with Crippen molar-refractivity contribution in [3.63, 3.8) is 0 Å². The molecule has 27 heavy (non-hydrogen) atoms. The number of amides is 1. The summed E-state index contributed by atoms with van der Waals surface area (Å²) in [6, 6.07) is 14.8. The number of carbonyl (C=O) groups excluding carboxylic acids is 1. The molecule has 1 N–H and O–H groups in total. The quantitative estimate of drug-likeness (QED) is 0.713. The van der Waals surface area contributed by atoms with Gasteiger partial charge in [-0.1, -0.05) is 29.3 Å². The molecule has 2 aromatic rings. The van der Waals surface area contributed by atoms with Gasteiger partial charge in [0.15, 0.2) is 0 Å². The Kier molecular flexibility index (Phi) is 3.93. The average molecular weight is 360 g/mol. The third kappa shape index (κ3) is 3.09. The van der Waals surface area contributed by atoms with Crippen molar-refractivity contribution in [1.29, 1.82) is 0 Å². The zero-order chi connectivity index (χ0) is 18.6. The Morgan fingerprint density at radius 2 is 1.37 bits per heavy atom. The number of hydrogen-bond donors (Lipinski definition) is 1. The summed E-state index contributed by atoms with van der Waals surface area (Å²) in [4.78, 5) is 12.6. The molecule has 2 heteroatoms. The molecule has 0 radical (unpaired) electrons. The van der Waals surface area contributed by atoms with Gasteiger partial charge in [0.2, 0.25) is 0 Å². The van der Waals surface area contributed by atoms with E-state index in [1.165, 1.54) is 44.1 Å². The third-order valence-corrected chi connectivity index (χ3v) is 7.28. The van der Waals surface area contributed by atoms with Crippen molar-refractivity contribution in [2.45, 2.75) is 57.8 Å². The summed E-state index contributed by atoms with van der Waals surface area (Å²) in [7, 11) is 0. The molecule has 0 atom stereocenters. The molecule has 0 unspecified atom stereocenters. The summed E-state index contributed by atoms with van der Waals surface area (Å²) in [5, 5.41) is 3.07. The number of anilines is 1. The summed E-state index contributed by atoms with van der Waals surface area (Å²) in [5.41, 5.74) is 5.80. The molecule has 6 rings (SSSR count). The normalized spacial score (nSPS) is 31.1. The first kappa shape index (κ1) is 17.0. The Morgan fingerprint density at radius 1 is 0.852 bits per heavy atom. The van der Waals surface area contributed by atoms with Gasteiger partial charge < -0.3 is 5.32 Å². The molecule has 4 bridgehead atoms. The molecule has 0 aromatic heterocycles. The molecule has 4 aliphatic rings. The predicted molar refractivity (Wildman–Crippen MR) is 110 cm³/mol. The molecule has 4 saturated carbocycles. The van der Waals surface area contributed by atoms with Crippen LogP contribution in [0.2, 0.25) is 0 Å². The molecule has 2 nitrogen and oxygen atoms in total. The fourth-order valence-electron chi connectivity index (χ4n) is 6.68. The van der Waals surface area contributed by atoms with E-state index in [0.717, 1.165) is 40.1 Å². The van der Waals surface area contributed by atoms with Crippen molar-refractivity contribution in [3.05, 3.63) is 64.7 Å². The molecule has 140 valence electrons. The van der Waals surface area contributed by atoms with Crippen molar-refractivity contribution in [2.75, 3.05) is 5.32 Å². The number of carbonyl (C=O) groups is 1. The third-order valence-electron chi connectivity index (χ3n) is 7.28. The second kappa shape index (κ2) is 6.22. The number of aryl methyl sites for hydroxylation is 2. The van der Waals surface area contributed by atoms with E-state index in [2.05, 4.69) is 35.6 Å². The van der Waals surface area contributed by atoms with Crippen LogP contribution in [0.5, 0.6) is 0 Å². The monoisotopic (exact) mass is 359 g/mol. The van der Waals surface area contributed by atoms with Crippen molar-refractivity contribution in [2.24, 2.45) is 17.8 Å². The lowest BCUT2D eigenvalue weighted by atomic mass is 9.48. The molecule has 4 fully saturated rings. The minimum absolute atomic E-state index is 0.0237. The average Bonchev–Trinajstić information content (AvgIpc) is 2.60. The van der Waals surface area contributed by atoms with E-state index in [1.54, 1.807) is 0 Å². The molecule has 0 aliphatic heterocycles. The molecule has 1 amide bonds. The summed E-state index contributed by atoms with van der Waals surface area (Å²) < 4.78 is 0. The number of hydrogen-bond acceptors (Lipinski definition) is 1. The van der Waals surface area contributed by atoms with Crippen LogP contribution < -0.4 is 5.32 Å². The van der Waals surface area contributed by atoms with Gasteiger partial charge in [0.25, 0.3) is 5.91 Å². The zero-order valence-corrected chi connectivity index (χ0v) is 16.4. The van der Waals surface area contributed by atoms with Gasteiger partial charge in [-0.05, 0) is 105 Å². The number of benzene rings is 2. The summed E-state index contributed by atoms with van der Waals surface area (Å²) in [5.74, 6) is 2.85. The number of rotatable bonds is 3. The van der Waals surface area contributed by atoms with Crippen LogP contribution in [0.3, 0.4) is 0 Å². The maximum Gasteiger partial charge on any atom is 0.255 e. The van der Waals surface area contributed by atoms with Crippen molar-refractivity contribution < 1.29 is 4.79 Å². The van der Waals surface area contributed by atoms with E-state index in [-0.39, 0.29) is 5.91 Å². The molecule has 2 aromatic carbocycles. The largest absolute Gasteiger partial charge is 0.322 e. The number of nitrogens with one attached hydrogen (secondary N) is 1. The Bertz CT molecular complexity index is 824. The van der Waals surface area contributed by atoms with E-state index in [4.69, 9.17) is 0 Å². The maximum absolute atomic E-state index is 12.6. The second-order valence-corrected chi connectivity index (χ2v) is 9.61. The Hall–Kier alpha value is -2.09. The lowest BCUT2D eigenvalue weighted by Gasteiger charge is -2.57. The highest BCUT2D eigenvalue weighted by Gasteiger charge is 2.51. The van der Waals surface area contributed by atoms with Gasteiger partial charge in [-0.15, -0.1) is 0 Å². The highest BCUT2D eigenvalue weighted by molar-refractivity contribution is 6.04. The van der Waals surface area contributed by atoms with Crippen molar-refractivity contribution in [3.8, 4) is 0 Å². The van der Waals surface area contributed by atoms with E-state index >= 15 is 0 Å². The van der Waals surface area contributed by atoms with E-state index in [9.17, 15) is 4.79 Å². The highest BCUT2D eigenvalue weighted by Crippen LogP contribution is 2.60. The molecule has 4 aliphatic carbocycles. The second-order valence-electron chi connectivity index (χ2n) is 9.61. The standard InChI is InChI=1S/C25H29NO/c1-16-7-17(2)9-21(8-16)24(27)26-23-5-3-22(4-6-23)25-13-18-10-19(14-25)12-20(11-18)15-25/h3-9,18-20H,10-15H2,1-2H3,(H,26,27). The van der Waals surface area contributed by atoms with Crippen molar-refractivity contribution >= 4 is 11.6 Å². The molecular formula is C25H29NO. The van der Waals surface area contributed by atoms with Gasteiger partial charge in [-0.25, -0.2) is 0 Å². The van der Waals surface area contributed by atoms with Gasteiger partial charge in [-0.3, -0.25) is 4.79 Å². The van der Waals surface area contributed by atoms with E-state index in [0.29, 0.717) is 5.41 Å². The van der Waals surface area contributed by atoms with Crippen LogP contribution in [-0.2, 0) is 5.41 Å². The van der Waals surface area contributed by atoms with Crippen LogP contribution >= 0.6 is 0 Å². The van der Waals surface area contributed by atoms with Crippen LogP contribution in [-0.4, -0.2) is 5.91 Å². The van der Waals surface area contributed by atoms with Crippen LogP contribution in [0.25, 0.3) is 0 Å². The van der Waals surface area contributed by atoms with Gasteiger partial charge in [0, 0.05) is 11.3 Å². The summed E-state index contributed by atoms with van der Waals surface area (Å²) in [6.45, 7) is 4.06. The van der Waals surface area contributed by atoms with Gasteiger partial charge in [-0.2, -0.15) is 0 Å². The van der Waals surface area contributed by atoms with Crippen LogP contribution in [0.4, 0.5) is 5.69 Å². The Balaban J connectivity index is 1.34. The summed E-state index contributed by atoms with van der Waals surface area (Å²) >= 11 is 0.